The minimum absolute atomic E-state index is 0.118. The van der Waals surface area contributed by atoms with Crippen LogP contribution in [0, 0.1) is 13.8 Å². The number of carbonyl (C=O) groups excluding carboxylic acids is 1. The molecule has 1 amide bonds. The summed E-state index contributed by atoms with van der Waals surface area (Å²) in [7, 11) is 0. The number of aliphatic hydroxyl groups is 2. The van der Waals surface area contributed by atoms with Gasteiger partial charge in [-0.15, -0.1) is 0 Å². The molecule has 20 heavy (non-hydrogen) atoms. The zero-order chi connectivity index (χ0) is 14.4. The van der Waals surface area contributed by atoms with Crippen molar-refractivity contribution in [3.8, 4) is 0 Å². The maximum Gasteiger partial charge on any atom is 0.258 e. The summed E-state index contributed by atoms with van der Waals surface area (Å²) in [6.45, 7) is 3.75. The van der Waals surface area contributed by atoms with Gasteiger partial charge < -0.3 is 19.6 Å². The fourth-order valence-corrected chi connectivity index (χ4v) is 2.49. The lowest BCUT2D eigenvalue weighted by Gasteiger charge is -2.16. The van der Waals surface area contributed by atoms with Gasteiger partial charge in [0.2, 0.25) is 0 Å². The number of hydrogen-bond acceptors (Lipinski definition) is 6. The summed E-state index contributed by atoms with van der Waals surface area (Å²) in [6.07, 6.45) is -1.80. The first-order valence-electron chi connectivity index (χ1n) is 6.36. The van der Waals surface area contributed by atoms with Crippen LogP contribution < -0.4 is 0 Å². The van der Waals surface area contributed by atoms with E-state index in [0.29, 0.717) is 28.1 Å². The van der Waals surface area contributed by atoms with Crippen molar-refractivity contribution >= 4 is 17.0 Å². The van der Waals surface area contributed by atoms with Gasteiger partial charge in [0.15, 0.2) is 0 Å². The summed E-state index contributed by atoms with van der Waals surface area (Å²) in [5.74, 6) is -0.262. The largest absolute Gasteiger partial charge is 0.388 e. The zero-order valence-corrected chi connectivity index (χ0v) is 11.2. The number of fused-ring (bicyclic) bond motifs is 1. The molecule has 7 heteroatoms. The minimum atomic E-state index is -0.902. The molecule has 2 unspecified atom stereocenters. The third-order valence-electron chi connectivity index (χ3n) is 3.52. The number of hydrogen-bond donors (Lipinski definition) is 2. The van der Waals surface area contributed by atoms with Crippen LogP contribution in [0.5, 0.6) is 0 Å². The number of pyridine rings is 1. The van der Waals surface area contributed by atoms with E-state index in [-0.39, 0.29) is 19.0 Å². The van der Waals surface area contributed by atoms with Crippen LogP contribution in [0.4, 0.5) is 0 Å². The molecule has 0 bridgehead atoms. The third kappa shape index (κ3) is 1.95. The molecule has 2 N–H and O–H groups in total. The van der Waals surface area contributed by atoms with Gasteiger partial charge in [-0.2, -0.15) is 0 Å². The van der Waals surface area contributed by atoms with E-state index in [0.717, 1.165) is 0 Å². The fourth-order valence-electron chi connectivity index (χ4n) is 2.49. The third-order valence-corrected chi connectivity index (χ3v) is 3.52. The number of likely N-dealkylation sites (tertiary alicyclic amines) is 1. The van der Waals surface area contributed by atoms with Crippen LogP contribution in [0.25, 0.3) is 11.1 Å². The molecule has 1 aliphatic rings. The fraction of sp³-hybridized carbons (Fsp3) is 0.462. The summed E-state index contributed by atoms with van der Waals surface area (Å²) in [4.78, 5) is 18.2. The molecule has 2 aromatic rings. The van der Waals surface area contributed by atoms with Gasteiger partial charge >= 0.3 is 0 Å². The number of carbonyl (C=O) groups is 1. The van der Waals surface area contributed by atoms with E-state index < -0.39 is 12.2 Å². The Labute approximate surface area is 114 Å². The summed E-state index contributed by atoms with van der Waals surface area (Å²) in [5.41, 5.74) is 2.01. The highest BCUT2D eigenvalue weighted by Gasteiger charge is 2.34. The Hall–Kier alpha value is -1.99. The molecule has 0 radical (unpaired) electrons. The van der Waals surface area contributed by atoms with E-state index in [4.69, 9.17) is 4.52 Å². The van der Waals surface area contributed by atoms with E-state index in [1.165, 1.54) is 4.90 Å². The molecule has 1 saturated heterocycles. The van der Waals surface area contributed by atoms with Gasteiger partial charge in [-0.25, -0.2) is 4.98 Å². The molecular formula is C13H15N3O4. The van der Waals surface area contributed by atoms with E-state index in [1.54, 1.807) is 19.9 Å². The monoisotopic (exact) mass is 277 g/mol. The van der Waals surface area contributed by atoms with Gasteiger partial charge in [0.25, 0.3) is 11.6 Å². The average molecular weight is 277 g/mol. The normalized spacial score (nSPS) is 22.7. The lowest BCUT2D eigenvalue weighted by molar-refractivity contribution is 0.0572. The quantitative estimate of drug-likeness (QED) is 0.762. The highest BCUT2D eigenvalue weighted by Crippen LogP contribution is 2.24. The van der Waals surface area contributed by atoms with Gasteiger partial charge in [-0.05, 0) is 19.9 Å². The molecule has 106 valence electrons. The number of aryl methyl sites for hydroxylation is 2. The average Bonchev–Trinajstić information content (AvgIpc) is 2.92. The summed E-state index contributed by atoms with van der Waals surface area (Å²) in [6, 6.07) is 1.67. The van der Waals surface area contributed by atoms with Crippen LogP contribution in [0.15, 0.2) is 10.6 Å². The molecule has 3 heterocycles. The molecule has 1 fully saturated rings. The highest BCUT2D eigenvalue weighted by molar-refractivity contribution is 6.06. The highest BCUT2D eigenvalue weighted by atomic mass is 16.5. The van der Waals surface area contributed by atoms with E-state index in [9.17, 15) is 15.0 Å². The SMILES string of the molecule is Cc1cc(C(=O)N2CC(O)C(O)C2)c2c(C)noc2n1. The maximum absolute atomic E-state index is 12.6. The Bertz CT molecular complexity index is 672. The lowest BCUT2D eigenvalue weighted by atomic mass is 10.1. The molecule has 0 saturated carbocycles. The van der Waals surface area contributed by atoms with Crippen molar-refractivity contribution in [1.29, 1.82) is 0 Å². The first-order chi connectivity index (χ1) is 9.47. The van der Waals surface area contributed by atoms with Crippen LogP contribution in [0.1, 0.15) is 21.7 Å². The van der Waals surface area contributed by atoms with Gasteiger partial charge in [0.1, 0.15) is 0 Å². The number of β-amino-alcohol motifs (C(OH)–C–C–N with tert-alkyl or cyclic N) is 2. The second kappa shape index (κ2) is 4.53. The van der Waals surface area contributed by atoms with E-state index in [2.05, 4.69) is 10.1 Å². The number of aliphatic hydroxyl groups excluding tert-OH is 2. The molecule has 0 aliphatic carbocycles. The summed E-state index contributed by atoms with van der Waals surface area (Å²) in [5, 5.41) is 23.5. The van der Waals surface area contributed by atoms with E-state index >= 15 is 0 Å². The molecule has 2 aromatic heterocycles. The standard InChI is InChI=1S/C13H15N3O4/c1-6-3-8(11-7(2)15-20-12(11)14-6)13(19)16-4-9(17)10(18)5-16/h3,9-10,17-18H,4-5H2,1-2H3. The van der Waals surface area contributed by atoms with Gasteiger partial charge in [-0.3, -0.25) is 4.79 Å². The lowest BCUT2D eigenvalue weighted by Crippen LogP contribution is -2.30. The van der Waals surface area contributed by atoms with Gasteiger partial charge in [-0.1, -0.05) is 5.16 Å². The van der Waals surface area contributed by atoms with Crippen LogP contribution in [0.2, 0.25) is 0 Å². The van der Waals surface area contributed by atoms with Crippen LogP contribution in [-0.2, 0) is 0 Å². The summed E-state index contributed by atoms with van der Waals surface area (Å²) < 4.78 is 5.09. The molecule has 7 nitrogen and oxygen atoms in total. The maximum atomic E-state index is 12.6. The van der Waals surface area contributed by atoms with Crippen molar-refractivity contribution in [2.45, 2.75) is 26.1 Å². The summed E-state index contributed by atoms with van der Waals surface area (Å²) >= 11 is 0. The van der Waals surface area contributed by atoms with Crippen molar-refractivity contribution in [2.75, 3.05) is 13.1 Å². The van der Waals surface area contributed by atoms with Crippen LogP contribution in [-0.4, -0.2) is 56.5 Å². The van der Waals surface area contributed by atoms with Gasteiger partial charge in [0.05, 0.1) is 28.9 Å². The van der Waals surface area contributed by atoms with Crippen molar-refractivity contribution in [1.82, 2.24) is 15.0 Å². The Morgan fingerprint density at radius 3 is 2.65 bits per heavy atom. The van der Waals surface area contributed by atoms with Gasteiger partial charge in [0, 0.05) is 18.8 Å². The minimum Gasteiger partial charge on any atom is -0.388 e. The molecular weight excluding hydrogens is 262 g/mol. The number of amides is 1. The molecule has 2 atom stereocenters. The van der Waals surface area contributed by atoms with Crippen molar-refractivity contribution in [3.05, 3.63) is 23.0 Å². The van der Waals surface area contributed by atoms with Crippen LogP contribution in [0.3, 0.4) is 0 Å². The number of nitrogens with zero attached hydrogens (tertiary/aromatic N) is 3. The number of rotatable bonds is 1. The zero-order valence-electron chi connectivity index (χ0n) is 11.2. The predicted octanol–water partition coefficient (Wildman–Crippen LogP) is 0.0172. The van der Waals surface area contributed by atoms with Crippen molar-refractivity contribution < 1.29 is 19.5 Å². The van der Waals surface area contributed by atoms with Crippen molar-refractivity contribution in [3.63, 3.8) is 0 Å². The van der Waals surface area contributed by atoms with E-state index in [1.807, 2.05) is 0 Å². The molecule has 0 aromatic carbocycles. The first kappa shape index (κ1) is 13.0. The second-order valence-corrected chi connectivity index (χ2v) is 5.10. The Morgan fingerprint density at radius 2 is 2.00 bits per heavy atom. The molecule has 3 rings (SSSR count). The topological polar surface area (TPSA) is 99.7 Å². The Balaban J connectivity index is 2.05. The van der Waals surface area contributed by atoms with Crippen LogP contribution >= 0.6 is 0 Å². The molecule has 1 aliphatic heterocycles. The molecule has 0 spiro atoms. The predicted molar refractivity (Wildman–Crippen MR) is 69.2 cm³/mol. The van der Waals surface area contributed by atoms with Crippen molar-refractivity contribution in [2.24, 2.45) is 0 Å². The first-order valence-corrected chi connectivity index (χ1v) is 6.36. The number of aromatic nitrogens is 2. The second-order valence-electron chi connectivity index (χ2n) is 5.10. The Morgan fingerprint density at radius 1 is 1.35 bits per heavy atom. The smallest absolute Gasteiger partial charge is 0.258 e. The Kier molecular flexibility index (Phi) is 2.95.